The lowest BCUT2D eigenvalue weighted by Crippen LogP contribution is -2.37. The first-order chi connectivity index (χ1) is 15.4. The minimum atomic E-state index is 0.0521. The lowest BCUT2D eigenvalue weighted by molar-refractivity contribution is 0.0727. The molecule has 2 heterocycles. The Morgan fingerprint density at radius 1 is 1.00 bits per heavy atom. The van der Waals surface area contributed by atoms with Crippen molar-refractivity contribution < 1.29 is 14.3 Å². The van der Waals surface area contributed by atoms with Crippen LogP contribution in [-0.2, 0) is 25.3 Å². The third-order valence-electron chi connectivity index (χ3n) is 6.18. The summed E-state index contributed by atoms with van der Waals surface area (Å²) in [6.07, 6.45) is 0.799. The Morgan fingerprint density at radius 2 is 1.66 bits per heavy atom. The van der Waals surface area contributed by atoms with Crippen molar-refractivity contribution in [2.45, 2.75) is 32.1 Å². The molecule has 6 nitrogen and oxygen atoms in total. The molecule has 3 aromatic rings. The number of carbonyl (C=O) groups excluding carboxylic acids is 1. The van der Waals surface area contributed by atoms with Crippen molar-refractivity contribution in [1.82, 2.24) is 14.7 Å². The Labute approximate surface area is 197 Å². The Morgan fingerprint density at radius 3 is 2.22 bits per heavy atom. The highest BCUT2D eigenvalue weighted by atomic mass is 79.9. The number of amides is 1. The molecular weight excluding hydrogens is 470 g/mol. The summed E-state index contributed by atoms with van der Waals surface area (Å²) in [4.78, 5) is 15.5. The van der Waals surface area contributed by atoms with Gasteiger partial charge in [-0.15, -0.1) is 0 Å². The van der Waals surface area contributed by atoms with Gasteiger partial charge in [0, 0.05) is 48.4 Å². The van der Waals surface area contributed by atoms with Crippen LogP contribution in [0.3, 0.4) is 0 Å². The molecule has 0 radical (unpaired) electrons. The molecule has 1 aliphatic rings. The second kappa shape index (κ2) is 8.98. The number of aromatic nitrogens is 2. The first-order valence-corrected chi connectivity index (χ1v) is 11.7. The minimum absolute atomic E-state index is 0.0521. The zero-order valence-corrected chi connectivity index (χ0v) is 20.7. The fourth-order valence-electron chi connectivity index (χ4n) is 4.50. The monoisotopic (exact) mass is 497 g/mol. The van der Waals surface area contributed by atoms with Crippen molar-refractivity contribution in [2.75, 3.05) is 20.8 Å². The molecule has 1 aromatic heterocycles. The lowest BCUT2D eigenvalue weighted by atomic mass is 9.87. The van der Waals surface area contributed by atoms with Gasteiger partial charge in [0.1, 0.15) is 11.5 Å². The number of halogens is 1. The van der Waals surface area contributed by atoms with Gasteiger partial charge < -0.3 is 14.4 Å². The average molecular weight is 498 g/mol. The maximum Gasteiger partial charge on any atom is 0.254 e. The number of hydrogen-bond acceptors (Lipinski definition) is 4. The van der Waals surface area contributed by atoms with Gasteiger partial charge in [-0.25, -0.2) is 0 Å². The molecule has 1 aliphatic heterocycles. The number of carbonyl (C=O) groups is 1. The zero-order valence-electron chi connectivity index (χ0n) is 19.2. The van der Waals surface area contributed by atoms with Gasteiger partial charge in [-0.3, -0.25) is 9.48 Å². The van der Waals surface area contributed by atoms with Crippen molar-refractivity contribution in [2.24, 2.45) is 7.05 Å². The number of hydrogen-bond donors (Lipinski definition) is 0. The third kappa shape index (κ3) is 4.01. The van der Waals surface area contributed by atoms with E-state index in [1.54, 1.807) is 14.2 Å². The molecule has 0 aliphatic carbocycles. The van der Waals surface area contributed by atoms with E-state index in [9.17, 15) is 4.79 Å². The molecular formula is C25H28BrN3O3. The van der Waals surface area contributed by atoms with Crippen molar-refractivity contribution in [3.8, 4) is 22.6 Å². The summed E-state index contributed by atoms with van der Waals surface area (Å²) in [6, 6.07) is 9.96. The molecule has 0 fully saturated rings. The van der Waals surface area contributed by atoms with Crippen LogP contribution < -0.4 is 9.47 Å². The Balaban J connectivity index is 1.74. The first-order valence-electron chi connectivity index (χ1n) is 10.6. The van der Waals surface area contributed by atoms with Gasteiger partial charge in [-0.2, -0.15) is 5.10 Å². The number of methoxy groups -OCH3 is 2. The number of aryl methyl sites for hydroxylation is 2. The predicted molar refractivity (Wildman–Crippen MR) is 129 cm³/mol. The maximum atomic E-state index is 13.6. The van der Waals surface area contributed by atoms with Gasteiger partial charge in [0.05, 0.1) is 19.9 Å². The highest BCUT2D eigenvalue weighted by Crippen LogP contribution is 2.36. The number of nitrogens with zero attached hydrogens (tertiary/aromatic N) is 3. The van der Waals surface area contributed by atoms with E-state index >= 15 is 0 Å². The molecule has 4 rings (SSSR count). The Bertz CT molecular complexity index is 1160. The van der Waals surface area contributed by atoms with E-state index in [-0.39, 0.29) is 5.91 Å². The summed E-state index contributed by atoms with van der Waals surface area (Å²) >= 11 is 3.58. The topological polar surface area (TPSA) is 56.6 Å². The summed E-state index contributed by atoms with van der Waals surface area (Å²) in [7, 11) is 5.22. The van der Waals surface area contributed by atoms with Crippen LogP contribution in [0.4, 0.5) is 0 Å². The highest BCUT2D eigenvalue weighted by molar-refractivity contribution is 9.08. The van der Waals surface area contributed by atoms with Crippen LogP contribution in [0.1, 0.15) is 38.4 Å². The Kier molecular flexibility index (Phi) is 6.29. The van der Waals surface area contributed by atoms with Crippen LogP contribution in [0.2, 0.25) is 0 Å². The SMILES string of the molecule is COc1cc(CN2CCc3c(cc(CBr)cc3-c3c(C)nn(C)c3C)C2=O)cc(OC)c1. The predicted octanol–water partition coefficient (Wildman–Crippen LogP) is 4.81. The largest absolute Gasteiger partial charge is 0.497 e. The molecule has 32 heavy (non-hydrogen) atoms. The van der Waals surface area contributed by atoms with E-state index in [4.69, 9.17) is 9.47 Å². The molecule has 0 spiro atoms. The van der Waals surface area contributed by atoms with Gasteiger partial charge in [-0.1, -0.05) is 15.9 Å². The average Bonchev–Trinajstić information content (AvgIpc) is 3.05. The molecule has 2 aromatic carbocycles. The molecule has 7 heteroatoms. The fraction of sp³-hybridized carbons (Fsp3) is 0.360. The van der Waals surface area contributed by atoms with Crippen LogP contribution in [0.5, 0.6) is 11.5 Å². The van der Waals surface area contributed by atoms with E-state index in [0.29, 0.717) is 18.4 Å². The number of ether oxygens (including phenoxy) is 2. The summed E-state index contributed by atoms with van der Waals surface area (Å²) in [5.41, 5.74) is 8.29. The van der Waals surface area contributed by atoms with E-state index in [0.717, 1.165) is 62.7 Å². The molecule has 0 saturated carbocycles. The number of fused-ring (bicyclic) bond motifs is 1. The molecule has 0 atom stereocenters. The van der Waals surface area contributed by atoms with E-state index in [1.807, 2.05) is 47.8 Å². The van der Waals surface area contributed by atoms with Gasteiger partial charge in [0.15, 0.2) is 0 Å². The van der Waals surface area contributed by atoms with Crippen LogP contribution >= 0.6 is 15.9 Å². The van der Waals surface area contributed by atoms with Crippen LogP contribution in [-0.4, -0.2) is 41.4 Å². The van der Waals surface area contributed by atoms with Crippen LogP contribution in [0, 0.1) is 13.8 Å². The normalized spacial score (nSPS) is 13.3. The van der Waals surface area contributed by atoms with Gasteiger partial charge >= 0.3 is 0 Å². The second-order valence-corrected chi connectivity index (χ2v) is 8.73. The van der Waals surface area contributed by atoms with Crippen molar-refractivity contribution in [3.63, 3.8) is 0 Å². The zero-order chi connectivity index (χ0) is 23.0. The third-order valence-corrected chi connectivity index (χ3v) is 6.82. The number of alkyl halides is 1. The van der Waals surface area contributed by atoms with E-state index in [1.165, 1.54) is 0 Å². The molecule has 0 unspecified atom stereocenters. The molecule has 0 N–H and O–H groups in total. The fourth-order valence-corrected chi connectivity index (χ4v) is 4.83. The van der Waals surface area contributed by atoms with Crippen LogP contribution in [0.25, 0.3) is 11.1 Å². The highest BCUT2D eigenvalue weighted by Gasteiger charge is 2.29. The summed E-state index contributed by atoms with van der Waals surface area (Å²) < 4.78 is 12.7. The maximum absolute atomic E-state index is 13.6. The van der Waals surface area contributed by atoms with Gasteiger partial charge in [-0.05, 0) is 66.8 Å². The van der Waals surface area contributed by atoms with E-state index < -0.39 is 0 Å². The smallest absolute Gasteiger partial charge is 0.254 e. The Hall–Kier alpha value is -2.80. The molecule has 0 saturated heterocycles. The lowest BCUT2D eigenvalue weighted by Gasteiger charge is -2.31. The minimum Gasteiger partial charge on any atom is -0.497 e. The second-order valence-electron chi connectivity index (χ2n) is 8.17. The first kappa shape index (κ1) is 22.4. The van der Waals surface area contributed by atoms with Crippen molar-refractivity contribution >= 4 is 21.8 Å². The van der Waals surface area contributed by atoms with Crippen molar-refractivity contribution in [1.29, 1.82) is 0 Å². The summed E-state index contributed by atoms with van der Waals surface area (Å²) in [5.74, 6) is 1.49. The van der Waals surface area contributed by atoms with Gasteiger partial charge in [0.2, 0.25) is 0 Å². The molecule has 1 amide bonds. The molecule has 0 bridgehead atoms. The number of rotatable bonds is 6. The molecule has 168 valence electrons. The van der Waals surface area contributed by atoms with Gasteiger partial charge in [0.25, 0.3) is 5.91 Å². The van der Waals surface area contributed by atoms with Crippen LogP contribution in [0.15, 0.2) is 30.3 Å². The summed E-state index contributed by atoms with van der Waals surface area (Å²) in [5, 5.41) is 5.29. The quantitative estimate of drug-likeness (QED) is 0.458. The summed E-state index contributed by atoms with van der Waals surface area (Å²) in [6.45, 7) is 5.27. The number of benzene rings is 2. The van der Waals surface area contributed by atoms with Crippen molar-refractivity contribution in [3.05, 3.63) is 64.0 Å². The van der Waals surface area contributed by atoms with E-state index in [2.05, 4.69) is 34.0 Å². The standard InChI is InChI=1S/C25H28BrN3O3/c1-15-24(16(2)28(3)27-15)22-10-17(13-26)11-23-21(22)6-7-29(25(23)30)14-18-8-19(31-4)12-20(9-18)32-5/h8-12H,6-7,13-14H2,1-5H3.